The number of ketones is 3. The molecule has 8 N–H and O–H groups in total. The molecule has 4 saturated heterocycles. The number of Topliss-reactive ketones (excluding diaryl/α,β-unsaturated/α-hetero) is 3. The normalized spacial score (nSPS) is 32.4. The maximum atomic E-state index is 10.6. The number of carbonyl (C=O) groups excluding carboxylic acids is 3. The number of rotatable bonds is 3. The van der Waals surface area contributed by atoms with Gasteiger partial charge in [-0.3, -0.25) is 14.4 Å². The van der Waals surface area contributed by atoms with Crippen molar-refractivity contribution in [3.05, 3.63) is 0 Å². The molecule has 0 aromatic carbocycles. The lowest BCUT2D eigenvalue weighted by atomic mass is 10.2. The lowest BCUT2D eigenvalue weighted by molar-refractivity contribution is -0.117. The molecular weight excluding hydrogens is 625 g/mol. The average molecular weight is 661 g/mol. The molecule has 0 saturated carbocycles. The summed E-state index contributed by atoms with van der Waals surface area (Å²) in [6, 6.07) is 0. The van der Waals surface area contributed by atoms with E-state index in [1.807, 2.05) is 0 Å². The summed E-state index contributed by atoms with van der Waals surface area (Å²) in [6.45, 7) is 4.55. The Bertz CT molecular complexity index is 611. The van der Waals surface area contributed by atoms with Crippen molar-refractivity contribution < 1.29 is 34.8 Å². The van der Waals surface area contributed by atoms with Crippen LogP contribution in [0, 0.1) is 0 Å². The zero-order valence-corrected chi connectivity index (χ0v) is 26.8. The molecule has 4 heterocycles. The van der Waals surface area contributed by atoms with Crippen LogP contribution >= 0.6 is 86.4 Å². The highest BCUT2D eigenvalue weighted by Crippen LogP contribution is 2.43. The minimum absolute atomic E-state index is 0.0324. The van der Waals surface area contributed by atoms with Crippen LogP contribution < -0.4 is 11.5 Å². The SMILES string of the molecule is CC(=O)C1CC(O)SS1.CC(=O)C1CC(O)SS1.CC(=O)C1CCSS1.NC1CC(O)SS1.NCO. The fourth-order valence-corrected chi connectivity index (χ4v) is 12.8. The second-order valence-electron chi connectivity index (χ2n) is 7.37. The number of aliphatic hydroxyl groups is 4. The molecule has 212 valence electrons. The summed E-state index contributed by atoms with van der Waals surface area (Å²) in [5, 5.41) is 34.5. The van der Waals surface area contributed by atoms with Gasteiger partial charge in [-0.1, -0.05) is 86.4 Å². The van der Waals surface area contributed by atoms with Crippen LogP contribution in [0.25, 0.3) is 0 Å². The molecule has 36 heavy (non-hydrogen) atoms. The summed E-state index contributed by atoms with van der Waals surface area (Å²) in [5.41, 5.74) is 8.93. The summed E-state index contributed by atoms with van der Waals surface area (Å²) >= 11 is 0. The molecule has 0 aromatic heterocycles. The molecule has 0 aliphatic carbocycles. The Morgan fingerprint density at radius 1 is 0.694 bits per heavy atom. The minimum atomic E-state index is -0.330. The van der Waals surface area contributed by atoms with Crippen LogP contribution in [0.2, 0.25) is 0 Å². The first-order valence-corrected chi connectivity index (χ1v) is 20.0. The van der Waals surface area contributed by atoms with Gasteiger partial charge in [-0.05, 0) is 27.2 Å². The molecule has 17 heteroatoms. The van der Waals surface area contributed by atoms with Gasteiger partial charge in [-0.15, -0.1) is 0 Å². The van der Waals surface area contributed by atoms with Crippen molar-refractivity contribution in [1.82, 2.24) is 0 Å². The van der Waals surface area contributed by atoms with Gasteiger partial charge in [0.2, 0.25) is 0 Å². The molecule has 4 aliphatic rings. The lowest BCUT2D eigenvalue weighted by Gasteiger charge is -1.98. The predicted molar refractivity (Wildman–Crippen MR) is 165 cm³/mol. The third-order valence-corrected chi connectivity index (χ3v) is 15.7. The van der Waals surface area contributed by atoms with Gasteiger partial charge in [0, 0.05) is 25.0 Å². The second-order valence-corrected chi connectivity index (χ2v) is 18.1. The largest absolute Gasteiger partial charge is 0.382 e. The van der Waals surface area contributed by atoms with Crippen molar-refractivity contribution in [3.8, 4) is 0 Å². The van der Waals surface area contributed by atoms with E-state index < -0.39 is 0 Å². The van der Waals surface area contributed by atoms with Crippen LogP contribution in [-0.2, 0) is 14.4 Å². The van der Waals surface area contributed by atoms with Gasteiger partial charge in [0.15, 0.2) is 0 Å². The molecule has 0 amide bonds. The van der Waals surface area contributed by atoms with E-state index in [-0.39, 0.29) is 50.5 Å². The van der Waals surface area contributed by atoms with Crippen LogP contribution in [0.15, 0.2) is 0 Å². The Morgan fingerprint density at radius 2 is 1.08 bits per heavy atom. The molecule has 9 nitrogen and oxygen atoms in total. The van der Waals surface area contributed by atoms with E-state index >= 15 is 0 Å². The van der Waals surface area contributed by atoms with Gasteiger partial charge < -0.3 is 31.9 Å². The van der Waals surface area contributed by atoms with Gasteiger partial charge in [-0.25, -0.2) is 0 Å². The molecular formula is C19H36N2O7S8. The first kappa shape index (κ1) is 37.6. The molecule has 4 fully saturated rings. The van der Waals surface area contributed by atoms with E-state index in [1.165, 1.54) is 54.0 Å². The Morgan fingerprint density at radius 3 is 1.22 bits per heavy atom. The van der Waals surface area contributed by atoms with Crippen molar-refractivity contribution in [1.29, 1.82) is 0 Å². The molecule has 0 spiro atoms. The first-order chi connectivity index (χ1) is 16.9. The third-order valence-electron chi connectivity index (χ3n) is 4.13. The Balaban J connectivity index is 0.000000439. The number of hydrogen-bond donors (Lipinski definition) is 6. The van der Waals surface area contributed by atoms with Gasteiger partial charge >= 0.3 is 0 Å². The smallest absolute Gasteiger partial charge is 0.143 e. The average Bonchev–Trinajstić information content (AvgIpc) is 3.59. The Kier molecular flexibility index (Phi) is 23.3. The predicted octanol–water partition coefficient (Wildman–Crippen LogP) is 3.09. The van der Waals surface area contributed by atoms with Crippen LogP contribution in [0.3, 0.4) is 0 Å². The highest BCUT2D eigenvalue weighted by atomic mass is 33.1. The topological polar surface area (TPSA) is 184 Å². The highest BCUT2D eigenvalue weighted by Gasteiger charge is 2.28. The monoisotopic (exact) mass is 660 g/mol. The zero-order chi connectivity index (χ0) is 27.7. The fourth-order valence-electron chi connectivity index (χ4n) is 2.27. The highest BCUT2D eigenvalue weighted by molar-refractivity contribution is 8.78. The fraction of sp³-hybridized carbons (Fsp3) is 0.842. The van der Waals surface area contributed by atoms with E-state index in [2.05, 4.69) is 5.73 Å². The maximum absolute atomic E-state index is 10.6. The molecule has 4 rings (SSSR count). The summed E-state index contributed by atoms with van der Waals surface area (Å²) < 4.78 is 0. The molecule has 4 aliphatic heterocycles. The lowest BCUT2D eigenvalue weighted by Crippen LogP contribution is -2.12. The molecule has 7 unspecified atom stereocenters. The van der Waals surface area contributed by atoms with Crippen LogP contribution in [0.5, 0.6) is 0 Å². The Labute approximate surface area is 244 Å². The number of aliphatic hydroxyl groups excluding tert-OH is 4. The van der Waals surface area contributed by atoms with Crippen LogP contribution in [0.1, 0.15) is 46.5 Å². The number of carbonyl (C=O) groups is 3. The quantitative estimate of drug-likeness (QED) is 0.191. The van der Waals surface area contributed by atoms with Crippen LogP contribution in [-0.4, -0.2) is 87.7 Å². The number of nitrogens with two attached hydrogens (primary N) is 2. The van der Waals surface area contributed by atoms with E-state index in [0.29, 0.717) is 23.9 Å². The summed E-state index contributed by atoms with van der Waals surface area (Å²) in [7, 11) is 12.2. The van der Waals surface area contributed by atoms with Crippen molar-refractivity contribution in [3.63, 3.8) is 0 Å². The van der Waals surface area contributed by atoms with E-state index in [0.717, 1.165) is 18.6 Å². The van der Waals surface area contributed by atoms with Crippen molar-refractivity contribution >= 4 is 104 Å². The van der Waals surface area contributed by atoms with E-state index in [4.69, 9.17) is 26.2 Å². The summed E-state index contributed by atoms with van der Waals surface area (Å²) in [6.07, 6.45) is 3.04. The first-order valence-electron chi connectivity index (χ1n) is 10.8. The van der Waals surface area contributed by atoms with Crippen molar-refractivity contribution in [2.75, 3.05) is 12.5 Å². The molecule has 7 atom stereocenters. The maximum Gasteiger partial charge on any atom is 0.143 e. The van der Waals surface area contributed by atoms with Gasteiger partial charge in [0.1, 0.15) is 33.7 Å². The third kappa shape index (κ3) is 18.8. The second kappa shape index (κ2) is 22.3. The van der Waals surface area contributed by atoms with Gasteiger partial charge in [-0.2, -0.15) is 0 Å². The van der Waals surface area contributed by atoms with Crippen molar-refractivity contribution in [2.24, 2.45) is 11.5 Å². The zero-order valence-electron chi connectivity index (χ0n) is 20.2. The van der Waals surface area contributed by atoms with Gasteiger partial charge in [0.25, 0.3) is 0 Å². The Hall–Kier alpha value is 1.57. The molecule has 0 bridgehead atoms. The molecule has 0 radical (unpaired) electrons. The number of hydrogen-bond acceptors (Lipinski definition) is 17. The van der Waals surface area contributed by atoms with Gasteiger partial charge in [0.05, 0.1) is 27.9 Å². The van der Waals surface area contributed by atoms with E-state index in [9.17, 15) is 14.4 Å². The molecule has 0 aromatic rings. The minimum Gasteiger partial charge on any atom is -0.382 e. The van der Waals surface area contributed by atoms with E-state index in [1.54, 1.807) is 53.2 Å². The van der Waals surface area contributed by atoms with Crippen molar-refractivity contribution in [2.45, 2.75) is 83.9 Å². The summed E-state index contributed by atoms with van der Waals surface area (Å²) in [4.78, 5) is 31.9. The standard InChI is InChI=1S/2C5H8O2S2.C5H8OS2.C3H7NOS2.CH5NO/c2*1-3(6)4-2-5(7)9-8-4;1-4(6)5-2-3-7-8-5;4-2-1-3(5)7-6-2;2-1-3/h2*4-5,7H,2H2,1H3;5H,2-3H2,1H3;2-3,5H,1,4H2;3H,1-2H2. The van der Waals surface area contributed by atoms with Crippen LogP contribution in [0.4, 0.5) is 0 Å². The summed E-state index contributed by atoms with van der Waals surface area (Å²) in [5.74, 6) is 1.82.